The zero-order chi connectivity index (χ0) is 17.7. The van der Waals surface area contributed by atoms with E-state index in [2.05, 4.69) is 63.8 Å². The first-order valence-corrected chi connectivity index (χ1v) is 8.80. The number of nitrogens with two attached hydrogens (primary N) is 1. The molecule has 0 aliphatic carbocycles. The molecule has 0 radical (unpaired) electrons. The van der Waals surface area contributed by atoms with Gasteiger partial charge in [-0.1, -0.05) is 38.1 Å². The number of likely N-dealkylation sites (N-methyl/N-ethyl adjacent to an activating group) is 1. The van der Waals surface area contributed by atoms with Crippen LogP contribution in [0, 0.1) is 20.8 Å². The monoisotopic (exact) mass is 326 g/mol. The Labute approximate surface area is 146 Å². The number of hydrogen-bond acceptors (Lipinski definition) is 3. The van der Waals surface area contributed by atoms with Crippen molar-refractivity contribution < 1.29 is 4.74 Å². The van der Waals surface area contributed by atoms with Gasteiger partial charge in [0, 0.05) is 12.6 Å². The fraction of sp³-hybridized carbons (Fsp3) is 0.429. The first-order chi connectivity index (χ1) is 11.5. The second kappa shape index (κ2) is 8.32. The molecule has 130 valence electrons. The third-order valence-electron chi connectivity index (χ3n) is 4.83. The molecule has 3 nitrogen and oxygen atoms in total. The molecule has 0 spiro atoms. The van der Waals surface area contributed by atoms with E-state index in [0.717, 1.165) is 30.2 Å². The van der Waals surface area contributed by atoms with Gasteiger partial charge < -0.3 is 10.5 Å². The summed E-state index contributed by atoms with van der Waals surface area (Å²) in [5.41, 5.74) is 10.8. The molecular formula is C21H30N2O. The molecule has 0 aliphatic heterocycles. The van der Waals surface area contributed by atoms with E-state index in [-0.39, 0.29) is 6.04 Å². The van der Waals surface area contributed by atoms with E-state index in [4.69, 9.17) is 10.5 Å². The Morgan fingerprint density at radius 2 is 1.50 bits per heavy atom. The van der Waals surface area contributed by atoms with Gasteiger partial charge in [-0.2, -0.15) is 0 Å². The van der Waals surface area contributed by atoms with E-state index in [1.165, 1.54) is 16.7 Å². The molecule has 0 bridgehead atoms. The normalized spacial score (nSPS) is 12.5. The molecule has 2 aromatic carbocycles. The van der Waals surface area contributed by atoms with Crippen molar-refractivity contribution in [2.24, 2.45) is 5.73 Å². The Hall–Kier alpha value is -1.84. The van der Waals surface area contributed by atoms with Crippen LogP contribution in [0.4, 0.5) is 0 Å². The molecule has 0 saturated carbocycles. The Balaban J connectivity index is 2.22. The van der Waals surface area contributed by atoms with Crippen LogP contribution in [0.15, 0.2) is 36.4 Å². The summed E-state index contributed by atoms with van der Waals surface area (Å²) in [4.78, 5) is 2.38. The summed E-state index contributed by atoms with van der Waals surface area (Å²) in [6, 6.07) is 12.9. The van der Waals surface area contributed by atoms with Crippen LogP contribution in [0.25, 0.3) is 0 Å². The van der Waals surface area contributed by atoms with Crippen LogP contribution in [-0.2, 0) is 0 Å². The van der Waals surface area contributed by atoms with Gasteiger partial charge in [0.05, 0.1) is 0 Å². The van der Waals surface area contributed by atoms with Crippen LogP contribution in [0.3, 0.4) is 0 Å². The lowest BCUT2D eigenvalue weighted by Crippen LogP contribution is -2.33. The molecule has 0 aliphatic rings. The maximum atomic E-state index is 6.16. The minimum Gasteiger partial charge on any atom is -0.457 e. The van der Waals surface area contributed by atoms with Gasteiger partial charge in [-0.15, -0.1) is 0 Å². The van der Waals surface area contributed by atoms with Crippen LogP contribution in [0.1, 0.15) is 42.1 Å². The summed E-state index contributed by atoms with van der Waals surface area (Å²) in [5.74, 6) is 1.83. The average Bonchev–Trinajstić information content (AvgIpc) is 2.60. The van der Waals surface area contributed by atoms with Crippen molar-refractivity contribution in [2.75, 3.05) is 19.6 Å². The molecule has 0 aromatic heterocycles. The molecule has 2 aromatic rings. The lowest BCUT2D eigenvalue weighted by Gasteiger charge is -2.29. The number of ether oxygens (including phenoxy) is 1. The summed E-state index contributed by atoms with van der Waals surface area (Å²) in [5, 5.41) is 0. The molecular weight excluding hydrogens is 296 g/mol. The predicted octanol–water partition coefficient (Wildman–Crippen LogP) is 4.75. The zero-order valence-corrected chi connectivity index (χ0v) is 15.6. The Kier molecular flexibility index (Phi) is 6.41. The molecule has 1 atom stereocenters. The van der Waals surface area contributed by atoms with E-state index in [1.54, 1.807) is 0 Å². The first kappa shape index (κ1) is 18.5. The van der Waals surface area contributed by atoms with Gasteiger partial charge in [-0.3, -0.25) is 4.90 Å². The number of benzene rings is 2. The van der Waals surface area contributed by atoms with Crippen LogP contribution < -0.4 is 10.5 Å². The van der Waals surface area contributed by atoms with Crippen molar-refractivity contribution >= 4 is 0 Å². The largest absolute Gasteiger partial charge is 0.457 e. The maximum Gasteiger partial charge on any atom is 0.133 e. The first-order valence-electron chi connectivity index (χ1n) is 8.80. The van der Waals surface area contributed by atoms with Gasteiger partial charge in [-0.05, 0) is 68.2 Å². The van der Waals surface area contributed by atoms with E-state index in [1.807, 2.05) is 12.1 Å². The minimum atomic E-state index is 0.261. The molecule has 2 N–H and O–H groups in total. The van der Waals surface area contributed by atoms with Crippen LogP contribution in [-0.4, -0.2) is 24.5 Å². The van der Waals surface area contributed by atoms with Gasteiger partial charge in [0.2, 0.25) is 0 Å². The number of nitrogens with zero attached hydrogens (tertiary/aromatic N) is 1. The maximum absolute atomic E-state index is 6.16. The third-order valence-corrected chi connectivity index (χ3v) is 4.83. The third kappa shape index (κ3) is 3.97. The van der Waals surface area contributed by atoms with Gasteiger partial charge in [0.1, 0.15) is 11.5 Å². The predicted molar refractivity (Wildman–Crippen MR) is 102 cm³/mol. The molecule has 2 rings (SSSR count). The smallest absolute Gasteiger partial charge is 0.133 e. The van der Waals surface area contributed by atoms with Crippen LogP contribution >= 0.6 is 0 Å². The Morgan fingerprint density at radius 3 is 2.04 bits per heavy atom. The standard InChI is InChI=1S/C21H30N2O/c1-6-23(7-2)20(14-22)18-10-12-19(13-11-18)24-21-16(4)9-8-15(3)17(21)5/h8-13,20H,6-7,14,22H2,1-5H3. The summed E-state index contributed by atoms with van der Waals surface area (Å²) in [6.07, 6.45) is 0. The number of aryl methyl sites for hydroxylation is 2. The van der Waals surface area contributed by atoms with E-state index < -0.39 is 0 Å². The minimum absolute atomic E-state index is 0.261. The van der Waals surface area contributed by atoms with Gasteiger partial charge >= 0.3 is 0 Å². The fourth-order valence-electron chi connectivity index (χ4n) is 3.12. The van der Waals surface area contributed by atoms with Gasteiger partial charge in [0.25, 0.3) is 0 Å². The average molecular weight is 326 g/mol. The van der Waals surface area contributed by atoms with E-state index >= 15 is 0 Å². The zero-order valence-electron chi connectivity index (χ0n) is 15.6. The molecule has 0 fully saturated rings. The second-order valence-electron chi connectivity index (χ2n) is 6.30. The quantitative estimate of drug-likeness (QED) is 0.798. The number of hydrogen-bond donors (Lipinski definition) is 1. The van der Waals surface area contributed by atoms with Crippen molar-refractivity contribution in [3.05, 3.63) is 58.7 Å². The molecule has 3 heteroatoms. The number of rotatable bonds is 7. The highest BCUT2D eigenvalue weighted by Crippen LogP contribution is 2.31. The summed E-state index contributed by atoms with van der Waals surface area (Å²) in [7, 11) is 0. The lowest BCUT2D eigenvalue weighted by atomic mass is 10.0. The van der Waals surface area contributed by atoms with Crippen molar-refractivity contribution in [1.82, 2.24) is 4.90 Å². The van der Waals surface area contributed by atoms with E-state index in [9.17, 15) is 0 Å². The van der Waals surface area contributed by atoms with Crippen molar-refractivity contribution in [2.45, 2.75) is 40.7 Å². The second-order valence-corrected chi connectivity index (χ2v) is 6.30. The van der Waals surface area contributed by atoms with Gasteiger partial charge in [-0.25, -0.2) is 0 Å². The molecule has 24 heavy (non-hydrogen) atoms. The van der Waals surface area contributed by atoms with Crippen molar-refractivity contribution in [3.63, 3.8) is 0 Å². The SMILES string of the molecule is CCN(CC)C(CN)c1ccc(Oc2c(C)ccc(C)c2C)cc1. The highest BCUT2D eigenvalue weighted by molar-refractivity contribution is 5.47. The lowest BCUT2D eigenvalue weighted by molar-refractivity contribution is 0.224. The topological polar surface area (TPSA) is 38.5 Å². The Bertz CT molecular complexity index is 660. The van der Waals surface area contributed by atoms with Gasteiger partial charge in [0.15, 0.2) is 0 Å². The highest BCUT2D eigenvalue weighted by atomic mass is 16.5. The molecule has 1 unspecified atom stereocenters. The van der Waals surface area contributed by atoms with E-state index in [0.29, 0.717) is 6.54 Å². The fourth-order valence-corrected chi connectivity index (χ4v) is 3.12. The van der Waals surface area contributed by atoms with Crippen LogP contribution in [0.5, 0.6) is 11.5 Å². The Morgan fingerprint density at radius 1 is 0.917 bits per heavy atom. The molecule has 0 amide bonds. The molecule has 0 heterocycles. The summed E-state index contributed by atoms with van der Waals surface area (Å²) >= 11 is 0. The molecule has 0 saturated heterocycles. The summed E-state index contributed by atoms with van der Waals surface area (Å²) < 4.78 is 6.16. The van der Waals surface area contributed by atoms with Crippen LogP contribution in [0.2, 0.25) is 0 Å². The highest BCUT2D eigenvalue weighted by Gasteiger charge is 2.16. The van der Waals surface area contributed by atoms with Crippen molar-refractivity contribution in [3.8, 4) is 11.5 Å². The van der Waals surface area contributed by atoms with Crippen molar-refractivity contribution in [1.29, 1.82) is 0 Å². The summed E-state index contributed by atoms with van der Waals surface area (Å²) in [6.45, 7) is 13.3.